The second kappa shape index (κ2) is 7.17. The first-order valence-electron chi connectivity index (χ1n) is 9.43. The molecule has 142 valence electrons. The van der Waals surface area contributed by atoms with Gasteiger partial charge in [-0.15, -0.1) is 0 Å². The molecule has 1 aromatic heterocycles. The normalized spacial score (nSPS) is 18.6. The third kappa shape index (κ3) is 3.66. The number of hydrogen-bond acceptors (Lipinski definition) is 4. The summed E-state index contributed by atoms with van der Waals surface area (Å²) in [4.78, 5) is 34.9. The molecule has 1 aliphatic rings. The molecule has 1 saturated heterocycles. The molecule has 0 bridgehead atoms. The van der Waals surface area contributed by atoms with Crippen LogP contribution in [0.2, 0.25) is 0 Å². The number of fused-ring (bicyclic) bond motifs is 1. The van der Waals surface area contributed by atoms with E-state index in [1.807, 2.05) is 44.2 Å². The Hall–Kier alpha value is -3.05. The molecule has 1 aliphatic heterocycles. The Morgan fingerprint density at radius 2 is 1.79 bits per heavy atom. The molecule has 0 amide bonds. The molecule has 0 radical (unpaired) electrons. The lowest BCUT2D eigenvalue weighted by Crippen LogP contribution is -2.47. The van der Waals surface area contributed by atoms with Crippen LogP contribution in [0.25, 0.3) is 17.0 Å². The summed E-state index contributed by atoms with van der Waals surface area (Å²) >= 11 is 0. The van der Waals surface area contributed by atoms with Crippen LogP contribution in [0.15, 0.2) is 65.0 Å². The van der Waals surface area contributed by atoms with Gasteiger partial charge in [0.2, 0.25) is 0 Å². The molecule has 0 spiro atoms. The molecular weight excluding hydrogens is 350 g/mol. The highest BCUT2D eigenvalue weighted by Crippen LogP contribution is 2.30. The lowest BCUT2D eigenvalue weighted by Gasteiger charge is -2.38. The van der Waals surface area contributed by atoms with Crippen molar-refractivity contribution in [2.75, 3.05) is 13.1 Å². The van der Waals surface area contributed by atoms with E-state index in [-0.39, 0.29) is 11.3 Å². The number of benzene rings is 2. The molecule has 0 saturated carbocycles. The average molecular weight is 373 g/mol. The van der Waals surface area contributed by atoms with Crippen molar-refractivity contribution in [1.82, 2.24) is 14.9 Å². The zero-order chi connectivity index (χ0) is 19.7. The maximum atomic E-state index is 13.0. The number of likely N-dealkylation sites (tertiary alicyclic amines) is 1. The number of hydrogen-bond donors (Lipinski definition) is 1. The first-order chi connectivity index (χ1) is 13.4. The highest BCUT2D eigenvalue weighted by Gasteiger charge is 2.37. The monoisotopic (exact) mass is 373 g/mol. The smallest absolute Gasteiger partial charge is 0.259 e. The highest BCUT2D eigenvalue weighted by molar-refractivity contribution is 6.04. The SMILES string of the molecule is CC1(C)CN(Cc2ccccc2)CC(=Cc2nc3ccccc3c(=O)[nH]2)C1=O. The standard InChI is InChI=1S/C23H23N3O2/c1-23(2)15-26(13-16-8-4-3-5-9-16)14-17(21(23)27)12-20-24-19-11-7-6-10-18(19)22(28)25-20/h3-12H,13-15H2,1-2H3,(H,24,25,28). The second-order valence-electron chi connectivity index (χ2n) is 7.98. The predicted octanol–water partition coefficient (Wildman–Crippen LogP) is 3.42. The van der Waals surface area contributed by atoms with Crippen LogP contribution in [-0.4, -0.2) is 33.7 Å². The summed E-state index contributed by atoms with van der Waals surface area (Å²) in [5.41, 5.74) is 1.83. The average Bonchev–Trinajstić information content (AvgIpc) is 2.66. The Kier molecular flexibility index (Phi) is 4.69. The van der Waals surface area contributed by atoms with E-state index in [1.165, 1.54) is 5.56 Å². The number of nitrogens with one attached hydrogen (secondary N) is 1. The zero-order valence-electron chi connectivity index (χ0n) is 16.1. The fourth-order valence-corrected chi connectivity index (χ4v) is 3.84. The summed E-state index contributed by atoms with van der Waals surface area (Å²) in [7, 11) is 0. The van der Waals surface area contributed by atoms with Gasteiger partial charge in [0.15, 0.2) is 5.78 Å². The number of aromatic nitrogens is 2. The Balaban J connectivity index is 1.68. The lowest BCUT2D eigenvalue weighted by atomic mass is 9.80. The van der Waals surface area contributed by atoms with Crippen LogP contribution in [0.1, 0.15) is 25.2 Å². The Morgan fingerprint density at radius 1 is 1.07 bits per heavy atom. The van der Waals surface area contributed by atoms with E-state index in [0.29, 0.717) is 35.4 Å². The summed E-state index contributed by atoms with van der Waals surface area (Å²) < 4.78 is 0. The van der Waals surface area contributed by atoms with Crippen LogP contribution in [0, 0.1) is 5.41 Å². The maximum Gasteiger partial charge on any atom is 0.259 e. The van der Waals surface area contributed by atoms with Gasteiger partial charge in [-0.3, -0.25) is 14.5 Å². The first kappa shape index (κ1) is 18.3. The van der Waals surface area contributed by atoms with Gasteiger partial charge in [0.05, 0.1) is 10.9 Å². The fourth-order valence-electron chi connectivity index (χ4n) is 3.84. The number of H-pyrrole nitrogens is 1. The van der Waals surface area contributed by atoms with Gasteiger partial charge in [0.1, 0.15) is 5.82 Å². The lowest BCUT2D eigenvalue weighted by molar-refractivity contribution is -0.126. The van der Waals surface area contributed by atoms with Crippen molar-refractivity contribution in [3.05, 3.63) is 81.9 Å². The van der Waals surface area contributed by atoms with E-state index < -0.39 is 5.41 Å². The third-order valence-electron chi connectivity index (χ3n) is 5.11. The van der Waals surface area contributed by atoms with Gasteiger partial charge < -0.3 is 4.98 Å². The van der Waals surface area contributed by atoms with Gasteiger partial charge in [-0.2, -0.15) is 0 Å². The van der Waals surface area contributed by atoms with E-state index in [2.05, 4.69) is 27.0 Å². The number of rotatable bonds is 3. The van der Waals surface area contributed by atoms with Gasteiger partial charge in [-0.25, -0.2) is 4.98 Å². The number of nitrogens with zero attached hydrogens (tertiary/aromatic N) is 2. The largest absolute Gasteiger partial charge is 0.306 e. The first-order valence-corrected chi connectivity index (χ1v) is 9.43. The van der Waals surface area contributed by atoms with E-state index in [9.17, 15) is 9.59 Å². The number of piperidine rings is 1. The molecule has 3 aromatic rings. The summed E-state index contributed by atoms with van der Waals surface area (Å²) in [6, 6.07) is 17.4. The fraction of sp³-hybridized carbons (Fsp3) is 0.261. The number of ketones is 1. The summed E-state index contributed by atoms with van der Waals surface area (Å²) in [5.74, 6) is 0.525. The van der Waals surface area contributed by atoms with Gasteiger partial charge in [-0.05, 0) is 23.8 Å². The molecule has 0 unspecified atom stereocenters. The van der Waals surface area contributed by atoms with Crippen LogP contribution >= 0.6 is 0 Å². The molecule has 2 heterocycles. The molecule has 5 nitrogen and oxygen atoms in total. The predicted molar refractivity (Wildman–Crippen MR) is 111 cm³/mol. The zero-order valence-corrected chi connectivity index (χ0v) is 16.1. The quantitative estimate of drug-likeness (QED) is 0.715. The minimum Gasteiger partial charge on any atom is -0.306 e. The van der Waals surface area contributed by atoms with Crippen LogP contribution in [0.3, 0.4) is 0 Å². The molecule has 5 heteroatoms. The maximum absolute atomic E-state index is 13.0. The molecule has 2 aromatic carbocycles. The van der Waals surface area contributed by atoms with E-state index in [1.54, 1.807) is 18.2 Å². The van der Waals surface area contributed by atoms with Crippen LogP contribution in [0.5, 0.6) is 0 Å². The molecule has 28 heavy (non-hydrogen) atoms. The van der Waals surface area contributed by atoms with Gasteiger partial charge in [-0.1, -0.05) is 56.3 Å². The number of carbonyl (C=O) groups excluding carboxylic acids is 1. The molecule has 1 fully saturated rings. The Labute approximate surface area is 163 Å². The number of para-hydroxylation sites is 1. The topological polar surface area (TPSA) is 66.1 Å². The van der Waals surface area contributed by atoms with Crippen LogP contribution < -0.4 is 5.56 Å². The number of aromatic amines is 1. The molecule has 0 atom stereocenters. The van der Waals surface area contributed by atoms with Crippen molar-refractivity contribution in [3.63, 3.8) is 0 Å². The highest BCUT2D eigenvalue weighted by atomic mass is 16.1. The van der Waals surface area contributed by atoms with Crippen LogP contribution in [-0.2, 0) is 11.3 Å². The minimum absolute atomic E-state index is 0.104. The van der Waals surface area contributed by atoms with Crippen molar-refractivity contribution in [2.24, 2.45) is 5.41 Å². The summed E-state index contributed by atoms with van der Waals surface area (Å²) in [6.45, 7) is 5.94. The molecule has 4 rings (SSSR count). The van der Waals surface area contributed by atoms with E-state index in [4.69, 9.17) is 0 Å². The molecule has 1 N–H and O–H groups in total. The van der Waals surface area contributed by atoms with Crippen LogP contribution in [0.4, 0.5) is 0 Å². The minimum atomic E-state index is -0.490. The summed E-state index contributed by atoms with van der Waals surface area (Å²) in [6.07, 6.45) is 1.73. The molecule has 0 aliphatic carbocycles. The van der Waals surface area contributed by atoms with Crippen molar-refractivity contribution < 1.29 is 4.79 Å². The van der Waals surface area contributed by atoms with Gasteiger partial charge in [0.25, 0.3) is 5.56 Å². The van der Waals surface area contributed by atoms with Crippen molar-refractivity contribution in [2.45, 2.75) is 20.4 Å². The van der Waals surface area contributed by atoms with Crippen molar-refractivity contribution in [3.8, 4) is 0 Å². The number of carbonyl (C=O) groups is 1. The van der Waals surface area contributed by atoms with Gasteiger partial charge in [0, 0.05) is 30.6 Å². The second-order valence-corrected chi connectivity index (χ2v) is 7.98. The number of Topliss-reactive ketones (excluding diaryl/α,β-unsaturated/α-hetero) is 1. The van der Waals surface area contributed by atoms with E-state index in [0.717, 1.165) is 6.54 Å². The third-order valence-corrected chi connectivity index (χ3v) is 5.11. The summed E-state index contributed by atoms with van der Waals surface area (Å²) in [5, 5.41) is 0.547. The van der Waals surface area contributed by atoms with Crippen molar-refractivity contribution >= 4 is 22.8 Å². The van der Waals surface area contributed by atoms with Gasteiger partial charge >= 0.3 is 0 Å². The Bertz CT molecular complexity index is 1110. The van der Waals surface area contributed by atoms with Crippen molar-refractivity contribution in [1.29, 1.82) is 0 Å². The van der Waals surface area contributed by atoms with E-state index >= 15 is 0 Å². The Morgan fingerprint density at radius 3 is 2.57 bits per heavy atom. The molecular formula is C23H23N3O2.